The lowest BCUT2D eigenvalue weighted by Gasteiger charge is -2.24. The number of unbranched alkanes of at least 4 members (excludes halogenated alkanes) is 33. The summed E-state index contributed by atoms with van der Waals surface area (Å²) in [5, 5.41) is 24.2. The van der Waals surface area contributed by atoms with E-state index in [2.05, 4.69) is 19.2 Å². The Bertz CT molecular complexity index is 940. The highest BCUT2D eigenvalue weighted by atomic mass is 31.2. The van der Waals surface area contributed by atoms with Crippen LogP contribution in [0.3, 0.4) is 0 Å². The minimum Gasteiger partial charge on any atom is -0.393 e. The van der Waals surface area contributed by atoms with Gasteiger partial charge >= 0.3 is 7.82 Å². The van der Waals surface area contributed by atoms with Crippen LogP contribution >= 0.6 is 7.82 Å². The monoisotopic (exact) mass is 845 g/mol. The Labute approximate surface area is 358 Å². The lowest BCUT2D eigenvalue weighted by Crippen LogP contribution is -2.46. The van der Waals surface area contributed by atoms with E-state index in [1.165, 1.54) is 186 Å². The maximum absolute atomic E-state index is 12.9. The van der Waals surface area contributed by atoms with Crippen LogP contribution in [0.5, 0.6) is 0 Å². The van der Waals surface area contributed by atoms with Crippen molar-refractivity contribution in [2.24, 2.45) is 5.73 Å². The van der Waals surface area contributed by atoms with Crippen LogP contribution in [0.25, 0.3) is 0 Å². The minimum atomic E-state index is -4.40. The summed E-state index contributed by atoms with van der Waals surface area (Å²) in [7, 11) is -4.40. The number of amides is 1. The topological polar surface area (TPSA) is 151 Å². The van der Waals surface area contributed by atoms with Crippen LogP contribution in [0, 0.1) is 0 Å². The number of aliphatic hydroxyl groups excluding tert-OH is 2. The summed E-state index contributed by atoms with van der Waals surface area (Å²) in [6.45, 7) is 4.01. The molecule has 4 atom stereocenters. The highest BCUT2D eigenvalue weighted by Crippen LogP contribution is 2.43. The van der Waals surface area contributed by atoms with Crippen molar-refractivity contribution >= 4 is 13.7 Å². The van der Waals surface area contributed by atoms with Crippen molar-refractivity contribution in [3.63, 3.8) is 0 Å². The lowest BCUT2D eigenvalue weighted by atomic mass is 10.0. The fraction of sp³-hybridized carbons (Fsp3) is 0.938. The number of rotatable bonds is 47. The zero-order chi connectivity index (χ0) is 42.6. The predicted molar refractivity (Wildman–Crippen MR) is 246 cm³/mol. The molecule has 0 aromatic rings. The van der Waals surface area contributed by atoms with E-state index >= 15 is 0 Å². The van der Waals surface area contributed by atoms with Gasteiger partial charge in [-0.2, -0.15) is 0 Å². The number of allylic oxidation sites excluding steroid dienone is 1. The molecule has 0 spiro atoms. The molecule has 0 aliphatic rings. The Kier molecular flexibility index (Phi) is 43.7. The number of phosphoric acid groups is 1. The van der Waals surface area contributed by atoms with Crippen LogP contribution in [0.1, 0.15) is 251 Å². The summed E-state index contributed by atoms with van der Waals surface area (Å²) in [5.41, 5.74) is 5.38. The molecule has 10 heteroatoms. The van der Waals surface area contributed by atoms with E-state index in [0.29, 0.717) is 6.42 Å². The predicted octanol–water partition coefficient (Wildman–Crippen LogP) is 13.3. The molecule has 0 aromatic heterocycles. The van der Waals surface area contributed by atoms with Crippen LogP contribution in [-0.2, 0) is 18.4 Å². The van der Waals surface area contributed by atoms with Crippen molar-refractivity contribution in [3.05, 3.63) is 12.2 Å². The number of hydrogen-bond donors (Lipinski definition) is 5. The Morgan fingerprint density at radius 1 is 0.586 bits per heavy atom. The second kappa shape index (κ2) is 44.3. The molecule has 0 bridgehead atoms. The highest BCUT2D eigenvalue weighted by Gasteiger charge is 2.27. The Morgan fingerprint density at radius 3 is 1.33 bits per heavy atom. The average molecular weight is 845 g/mol. The molecule has 58 heavy (non-hydrogen) atoms. The number of carbonyl (C=O) groups is 1. The molecule has 9 nitrogen and oxygen atoms in total. The molecule has 0 saturated carbocycles. The van der Waals surface area contributed by atoms with Crippen molar-refractivity contribution < 1.29 is 33.5 Å². The molecule has 4 unspecified atom stereocenters. The molecule has 0 saturated heterocycles. The van der Waals surface area contributed by atoms with Crippen molar-refractivity contribution in [2.75, 3.05) is 19.8 Å². The zero-order valence-corrected chi connectivity index (χ0v) is 39.1. The summed E-state index contributed by atoms with van der Waals surface area (Å²) < 4.78 is 22.1. The van der Waals surface area contributed by atoms with Gasteiger partial charge in [0, 0.05) is 6.54 Å². The molecule has 0 rings (SSSR count). The number of phosphoric ester groups is 1. The van der Waals surface area contributed by atoms with Gasteiger partial charge in [0.25, 0.3) is 0 Å². The van der Waals surface area contributed by atoms with Crippen LogP contribution in [-0.4, -0.2) is 59.0 Å². The lowest BCUT2D eigenvalue weighted by molar-refractivity contribution is -0.124. The summed E-state index contributed by atoms with van der Waals surface area (Å²) >= 11 is 0. The van der Waals surface area contributed by atoms with E-state index in [9.17, 15) is 24.5 Å². The van der Waals surface area contributed by atoms with Crippen molar-refractivity contribution in [1.82, 2.24) is 5.32 Å². The van der Waals surface area contributed by atoms with Crippen LogP contribution in [0.15, 0.2) is 12.2 Å². The molecule has 6 N–H and O–H groups in total. The van der Waals surface area contributed by atoms with Crippen molar-refractivity contribution in [2.45, 2.75) is 270 Å². The second-order valence-electron chi connectivity index (χ2n) is 17.2. The van der Waals surface area contributed by atoms with Gasteiger partial charge in [-0.05, 0) is 19.3 Å². The van der Waals surface area contributed by atoms with E-state index in [-0.39, 0.29) is 19.6 Å². The third-order valence-corrected chi connectivity index (χ3v) is 12.4. The SMILES string of the molecule is CCCCCCCCCCCCCCCCC/C=C/C(O)C(COP(=O)(O)OCCN)NC(=O)CC(O)CCCCCCCCCCCCCCCCCCCCC. The maximum atomic E-state index is 12.9. The third-order valence-electron chi connectivity index (χ3n) is 11.4. The van der Waals surface area contributed by atoms with Gasteiger partial charge in [0.1, 0.15) is 0 Å². The Balaban J connectivity index is 4.19. The van der Waals surface area contributed by atoms with Crippen LogP contribution in [0.2, 0.25) is 0 Å². The van der Waals surface area contributed by atoms with Crippen LogP contribution in [0.4, 0.5) is 0 Å². The van der Waals surface area contributed by atoms with E-state index in [0.717, 1.165) is 38.5 Å². The molecule has 0 aromatic carbocycles. The number of nitrogens with one attached hydrogen (secondary N) is 1. The molecular formula is C48H97N2O7P. The van der Waals surface area contributed by atoms with E-state index in [1.54, 1.807) is 6.08 Å². The normalized spacial score (nSPS) is 14.5. The minimum absolute atomic E-state index is 0.0517. The standard InChI is InChI=1S/C48H97N2O7P/c1-3-5-7-9-11-13-15-17-19-21-22-24-25-27-29-31-33-35-37-39-45(51)43-48(53)50-46(44-57-58(54,55)56-42-41-49)47(52)40-38-36-34-32-30-28-26-23-20-18-16-14-12-10-8-6-4-2/h38,40,45-47,51-52H,3-37,39,41-44,49H2,1-2H3,(H,50,53)(H,54,55)/b40-38+. The number of aliphatic hydroxyl groups is 2. The first-order valence-electron chi connectivity index (χ1n) is 24.9. The maximum Gasteiger partial charge on any atom is 0.472 e. The zero-order valence-electron chi connectivity index (χ0n) is 38.2. The van der Waals surface area contributed by atoms with Gasteiger partial charge in [-0.3, -0.25) is 13.8 Å². The van der Waals surface area contributed by atoms with Crippen molar-refractivity contribution in [1.29, 1.82) is 0 Å². The fourth-order valence-electron chi connectivity index (χ4n) is 7.65. The molecular weight excluding hydrogens is 748 g/mol. The van der Waals surface area contributed by atoms with Gasteiger partial charge in [-0.25, -0.2) is 4.57 Å². The molecule has 0 radical (unpaired) electrons. The van der Waals surface area contributed by atoms with E-state index in [1.807, 2.05) is 6.08 Å². The first-order chi connectivity index (χ1) is 28.3. The highest BCUT2D eigenvalue weighted by molar-refractivity contribution is 7.47. The summed E-state index contributed by atoms with van der Waals surface area (Å²) in [4.78, 5) is 22.8. The quantitative estimate of drug-likeness (QED) is 0.0231. The van der Waals surface area contributed by atoms with Gasteiger partial charge in [-0.1, -0.05) is 238 Å². The largest absolute Gasteiger partial charge is 0.472 e. The number of carbonyl (C=O) groups excluding carboxylic acids is 1. The summed E-state index contributed by atoms with van der Waals surface area (Å²) in [5.74, 6) is -0.440. The average Bonchev–Trinajstić information content (AvgIpc) is 3.20. The first kappa shape index (κ1) is 57.2. The second-order valence-corrected chi connectivity index (χ2v) is 18.7. The molecule has 0 heterocycles. The molecule has 1 amide bonds. The molecule has 0 fully saturated rings. The van der Waals surface area contributed by atoms with Gasteiger partial charge in [-0.15, -0.1) is 0 Å². The summed E-state index contributed by atoms with van der Waals surface area (Å²) in [6.07, 6.45) is 47.3. The van der Waals surface area contributed by atoms with Gasteiger partial charge in [0.2, 0.25) is 5.91 Å². The first-order valence-corrected chi connectivity index (χ1v) is 26.4. The van der Waals surface area contributed by atoms with Gasteiger partial charge < -0.3 is 26.2 Å². The van der Waals surface area contributed by atoms with Gasteiger partial charge in [0.05, 0.1) is 37.9 Å². The Hall–Kier alpha value is -0.800. The number of nitrogens with two attached hydrogens (primary N) is 1. The smallest absolute Gasteiger partial charge is 0.393 e. The summed E-state index contributed by atoms with van der Waals surface area (Å²) in [6, 6.07) is -0.978. The van der Waals surface area contributed by atoms with Crippen molar-refractivity contribution in [3.8, 4) is 0 Å². The molecule has 346 valence electrons. The van der Waals surface area contributed by atoms with E-state index < -0.39 is 38.6 Å². The molecule has 0 aliphatic carbocycles. The van der Waals surface area contributed by atoms with Gasteiger partial charge in [0.15, 0.2) is 0 Å². The third kappa shape index (κ3) is 41.9. The molecule has 0 aliphatic heterocycles. The fourth-order valence-corrected chi connectivity index (χ4v) is 8.41. The van der Waals surface area contributed by atoms with Crippen LogP contribution < -0.4 is 11.1 Å². The van der Waals surface area contributed by atoms with E-state index in [4.69, 9.17) is 14.8 Å². The number of hydrogen-bond acceptors (Lipinski definition) is 7. The Morgan fingerprint density at radius 2 is 0.948 bits per heavy atom.